The Morgan fingerprint density at radius 3 is 1.80 bits per heavy atom. The third-order valence-corrected chi connectivity index (χ3v) is 0. The van der Waals surface area contributed by atoms with Crippen LogP contribution in [0.2, 0.25) is 0 Å². The summed E-state index contributed by atoms with van der Waals surface area (Å²) in [5.41, 5.74) is 0. The summed E-state index contributed by atoms with van der Waals surface area (Å²) in [6, 6.07) is 0. The molecule has 0 aromatic rings. The van der Waals surface area contributed by atoms with Crippen LogP contribution in [0.15, 0.2) is 0 Å². The van der Waals surface area contributed by atoms with Gasteiger partial charge in [-0.3, -0.25) is 0 Å². The molecule has 5 heavy (non-hydrogen) atoms. The van der Waals surface area contributed by atoms with Gasteiger partial charge in [0.15, 0.2) is 0 Å². The minimum atomic E-state index is -2.03. The molecule has 0 amide bonds. The van der Waals surface area contributed by atoms with Crippen LogP contribution in [-0.4, -0.2) is 4.55 Å². The quantitative estimate of drug-likeness (QED) is 0.307. The van der Waals surface area contributed by atoms with Gasteiger partial charge in [0, 0.05) is 19.5 Å². The van der Waals surface area contributed by atoms with Gasteiger partial charge < -0.3 is 8.76 Å². The van der Waals surface area contributed by atoms with E-state index in [1.54, 1.807) is 0 Å². The zero-order valence-corrected chi connectivity index (χ0v) is 6.98. The standard InChI is InChI=1S/HO2S2.Zn/c1-4(2)3;/h(H,1,2,3);/q-1;. The summed E-state index contributed by atoms with van der Waals surface area (Å²) in [6.07, 6.45) is 0. The van der Waals surface area contributed by atoms with Gasteiger partial charge in [-0.15, -0.1) is 0 Å². The van der Waals surface area contributed by atoms with Crippen molar-refractivity contribution in [3.8, 4) is 0 Å². The maximum atomic E-state index is 8.93. The molecule has 0 atom stereocenters. The molecular weight excluding hydrogens is 162 g/mol. The predicted octanol–water partition coefficient (Wildman–Crippen LogP) is -0.117. The second kappa shape index (κ2) is 4.95. The van der Waals surface area contributed by atoms with E-state index in [1.807, 2.05) is 0 Å². The zero-order valence-electron chi connectivity index (χ0n) is 2.38. The van der Waals surface area contributed by atoms with Gasteiger partial charge in [0.05, 0.1) is 0 Å². The first-order chi connectivity index (χ1) is 1.73. The molecule has 28 valence electrons. The van der Waals surface area contributed by atoms with Gasteiger partial charge in [0.2, 0.25) is 0 Å². The summed E-state index contributed by atoms with van der Waals surface area (Å²) in [5, 5.41) is 0. The number of hydrogen-bond donors (Lipinski definition) is 1. The van der Waals surface area contributed by atoms with E-state index >= 15 is 0 Å². The summed E-state index contributed by atoms with van der Waals surface area (Å²) in [4.78, 5) is 0. The monoisotopic (exact) mass is 161 g/mol. The molecule has 0 aromatic carbocycles. The Bertz CT molecular complexity index is 56.0. The Hall–Kier alpha value is 0.953. The van der Waals surface area contributed by atoms with E-state index in [0.717, 1.165) is 0 Å². The van der Waals surface area contributed by atoms with Crippen LogP contribution < -0.4 is 0 Å². The molecule has 0 saturated heterocycles. The fourth-order valence-corrected chi connectivity index (χ4v) is 0. The maximum Gasteiger partial charge on any atom is 0 e. The van der Waals surface area contributed by atoms with Crippen molar-refractivity contribution in [2.24, 2.45) is 0 Å². The average molecular weight is 163 g/mol. The van der Waals surface area contributed by atoms with Gasteiger partial charge in [-0.25, -0.2) is 11.2 Å². The van der Waals surface area contributed by atoms with Crippen molar-refractivity contribution in [1.82, 2.24) is 0 Å². The molecule has 1 N–H and O–H groups in total. The van der Waals surface area contributed by atoms with E-state index in [4.69, 9.17) is 8.76 Å². The minimum absolute atomic E-state index is 0. The summed E-state index contributed by atoms with van der Waals surface area (Å²) in [5.74, 6) is 0. The second-order valence-corrected chi connectivity index (χ2v) is 1.51. The van der Waals surface area contributed by atoms with Gasteiger partial charge in [-0.05, 0) is 0 Å². The molecule has 0 aromatic heterocycles. The van der Waals surface area contributed by atoms with Gasteiger partial charge >= 0.3 is 0 Å². The fourth-order valence-electron chi connectivity index (χ4n) is 0. The number of hydrogen-bond acceptors (Lipinski definition) is 3. The Morgan fingerprint density at radius 1 is 1.80 bits per heavy atom. The van der Waals surface area contributed by atoms with Crippen LogP contribution in [0.5, 0.6) is 0 Å². The molecule has 0 rings (SSSR count). The molecule has 0 bridgehead atoms. The van der Waals surface area contributed by atoms with E-state index in [-0.39, 0.29) is 19.5 Å². The zero-order chi connectivity index (χ0) is 3.58. The molecule has 0 aliphatic carbocycles. The van der Waals surface area contributed by atoms with Gasteiger partial charge in [0.25, 0.3) is 0 Å². The second-order valence-electron chi connectivity index (χ2n) is 0.217. The Labute approximate surface area is 49.2 Å². The molecule has 0 aliphatic heterocycles. The van der Waals surface area contributed by atoms with Crippen molar-refractivity contribution >= 4 is 20.8 Å². The topological polar surface area (TPSA) is 37.3 Å². The molecular formula is HO2S2Zn-. The normalized spacial score (nSPS) is 6.80. The Balaban J connectivity index is 0. The minimum Gasteiger partial charge on any atom is -0.459 e. The summed E-state index contributed by atoms with van der Waals surface area (Å²) >= 11 is 3.65. The molecule has 0 heterocycles. The first kappa shape index (κ1) is 9.35. The van der Waals surface area contributed by atoms with Crippen molar-refractivity contribution in [3.63, 3.8) is 0 Å². The first-order valence-electron chi connectivity index (χ1n) is 0.516. The van der Waals surface area contributed by atoms with E-state index in [2.05, 4.69) is 11.2 Å². The average Bonchev–Trinajstić information content (AvgIpc) is 0.811. The Morgan fingerprint density at radius 2 is 1.80 bits per heavy atom. The van der Waals surface area contributed by atoms with Crippen molar-refractivity contribution < 1.29 is 28.2 Å². The summed E-state index contributed by atoms with van der Waals surface area (Å²) in [7, 11) is -2.03. The summed E-state index contributed by atoms with van der Waals surface area (Å²) in [6.45, 7) is 0. The van der Waals surface area contributed by atoms with Crippen molar-refractivity contribution in [2.45, 2.75) is 0 Å². The van der Waals surface area contributed by atoms with Crippen LogP contribution in [0, 0.1) is 0 Å². The fraction of sp³-hybridized carbons (Fsp3) is 0. The molecule has 0 radical (unpaired) electrons. The maximum absolute atomic E-state index is 8.93. The van der Waals surface area contributed by atoms with Crippen molar-refractivity contribution in [3.05, 3.63) is 0 Å². The Kier molecular flexibility index (Phi) is 9.26. The van der Waals surface area contributed by atoms with Crippen LogP contribution in [0.4, 0.5) is 0 Å². The van der Waals surface area contributed by atoms with E-state index in [9.17, 15) is 0 Å². The molecule has 0 spiro atoms. The molecule has 0 unspecified atom stereocenters. The van der Waals surface area contributed by atoms with Crippen LogP contribution in [-0.2, 0) is 44.5 Å². The van der Waals surface area contributed by atoms with E-state index < -0.39 is 9.64 Å². The summed E-state index contributed by atoms with van der Waals surface area (Å²) < 4.78 is 16.3. The van der Waals surface area contributed by atoms with Crippen molar-refractivity contribution in [2.75, 3.05) is 0 Å². The van der Waals surface area contributed by atoms with Crippen LogP contribution in [0.25, 0.3) is 0 Å². The molecule has 0 saturated carbocycles. The third-order valence-electron chi connectivity index (χ3n) is 0. The van der Waals surface area contributed by atoms with Gasteiger partial charge in [0.1, 0.15) is 0 Å². The predicted molar refractivity (Wildman–Crippen MR) is 18.0 cm³/mol. The van der Waals surface area contributed by atoms with E-state index in [1.165, 1.54) is 0 Å². The van der Waals surface area contributed by atoms with Crippen molar-refractivity contribution in [1.29, 1.82) is 0 Å². The van der Waals surface area contributed by atoms with Crippen LogP contribution in [0.3, 0.4) is 0 Å². The molecule has 5 heteroatoms. The largest absolute Gasteiger partial charge is 0.459 e. The smallest absolute Gasteiger partial charge is 0 e. The molecule has 0 aliphatic rings. The molecule has 0 fully saturated rings. The third kappa shape index (κ3) is 47.5. The van der Waals surface area contributed by atoms with Crippen LogP contribution in [0.1, 0.15) is 0 Å². The van der Waals surface area contributed by atoms with Crippen LogP contribution >= 0.6 is 0 Å². The van der Waals surface area contributed by atoms with Gasteiger partial charge in [-0.2, -0.15) is 0 Å². The molecule has 2 nitrogen and oxygen atoms in total. The SMILES string of the molecule is O=[S-](O)=S.[Zn]. The van der Waals surface area contributed by atoms with Gasteiger partial charge in [-0.1, -0.05) is 9.64 Å². The van der Waals surface area contributed by atoms with E-state index in [0.29, 0.717) is 0 Å². The first-order valence-corrected chi connectivity index (χ1v) is 2.55. The number of rotatable bonds is 0.